The van der Waals surface area contributed by atoms with Crippen LogP contribution in [0.25, 0.3) is 11.2 Å². The highest BCUT2D eigenvalue weighted by Gasteiger charge is 2.56. The Bertz CT molecular complexity index is 1320. The number of ether oxygens (including phenoxy) is 2. The van der Waals surface area contributed by atoms with Crippen LogP contribution < -0.4 is 9.61 Å². The first-order valence-electron chi connectivity index (χ1n) is 12.1. The van der Waals surface area contributed by atoms with E-state index < -0.39 is 56.6 Å². The average Bonchev–Trinajstić information content (AvgIpc) is 3.35. The Hall–Kier alpha value is -2.96. The molecule has 6 atom stereocenters. The van der Waals surface area contributed by atoms with E-state index in [9.17, 15) is 14.5 Å². The molecule has 2 N–H and O–H groups in total. The fraction of sp³-hybridized carbons (Fsp3) is 0.500. The number of aliphatic hydroxyl groups excluding tert-OH is 1. The number of halogens is 1. The van der Waals surface area contributed by atoms with Crippen LogP contribution in [0, 0.1) is 6.92 Å². The van der Waals surface area contributed by atoms with E-state index in [0.29, 0.717) is 17.0 Å². The number of hydrogen-bond acceptors (Lipinski definition) is 10. The number of aliphatic hydroxyl groups is 1. The van der Waals surface area contributed by atoms with Gasteiger partial charge in [-0.25, -0.2) is 23.9 Å². The Morgan fingerprint density at radius 2 is 2.00 bits per heavy atom. The lowest BCUT2D eigenvalue weighted by Gasteiger charge is -2.25. The number of rotatable bonds is 10. The molecule has 0 amide bonds. The number of benzene rings is 1. The summed E-state index contributed by atoms with van der Waals surface area (Å²) in [6.07, 6.45) is -1.76. The summed E-state index contributed by atoms with van der Waals surface area (Å²) in [5.41, 5.74) is -1.53. The number of carbonyl (C=O) groups is 1. The molecule has 206 valence electrons. The van der Waals surface area contributed by atoms with Crippen molar-refractivity contribution in [2.24, 2.45) is 0 Å². The van der Waals surface area contributed by atoms with Crippen molar-refractivity contribution < 1.29 is 37.4 Å². The standard InChI is InChI=1S/C24H31FN5O7P/c1-14(2)35-22(32)15(3)29-38(33,37-17-9-7-6-8-10-17)34-12-19-20(31)24(5,25)23(36-19)30-13-27-18-11-26-16(4)28-21(18)30/h6-11,13-15,19-20,23,31H,12H2,1-5H3,(H,29,33)/t15-,19+,20+,23+,24+,38+/m0/s1. The highest BCUT2D eigenvalue weighted by Crippen LogP contribution is 2.48. The molecule has 0 unspecified atom stereocenters. The largest absolute Gasteiger partial charge is 0.462 e. The third-order valence-corrected chi connectivity index (χ3v) is 7.48. The summed E-state index contributed by atoms with van der Waals surface area (Å²) in [5.74, 6) is -0.0134. The van der Waals surface area contributed by atoms with Crippen molar-refractivity contribution in [2.75, 3.05) is 6.61 Å². The van der Waals surface area contributed by atoms with Crippen LogP contribution in [-0.2, 0) is 23.4 Å². The van der Waals surface area contributed by atoms with Gasteiger partial charge in [0.25, 0.3) is 0 Å². The van der Waals surface area contributed by atoms with Crippen LogP contribution in [0.4, 0.5) is 4.39 Å². The Kier molecular flexibility index (Phi) is 8.15. The number of aromatic nitrogens is 4. The predicted molar refractivity (Wildman–Crippen MR) is 134 cm³/mol. The maximum absolute atomic E-state index is 15.8. The Morgan fingerprint density at radius 3 is 2.68 bits per heavy atom. The summed E-state index contributed by atoms with van der Waals surface area (Å²) in [7, 11) is -4.25. The van der Waals surface area contributed by atoms with Crippen LogP contribution >= 0.6 is 7.75 Å². The van der Waals surface area contributed by atoms with Crippen molar-refractivity contribution in [3.05, 3.63) is 48.7 Å². The van der Waals surface area contributed by atoms with Crippen LogP contribution in [0.2, 0.25) is 0 Å². The molecule has 1 fully saturated rings. The van der Waals surface area contributed by atoms with E-state index >= 15 is 4.39 Å². The highest BCUT2D eigenvalue weighted by molar-refractivity contribution is 7.52. The zero-order chi connectivity index (χ0) is 27.7. The van der Waals surface area contributed by atoms with Gasteiger partial charge in [0.05, 0.1) is 25.2 Å². The first kappa shape index (κ1) is 28.1. The summed E-state index contributed by atoms with van der Waals surface area (Å²) < 4.78 is 53.1. The van der Waals surface area contributed by atoms with Crippen molar-refractivity contribution in [3.8, 4) is 5.75 Å². The molecule has 2 aromatic heterocycles. The van der Waals surface area contributed by atoms with Crippen LogP contribution in [-0.4, -0.2) is 67.2 Å². The van der Waals surface area contributed by atoms with E-state index in [1.54, 1.807) is 51.1 Å². The van der Waals surface area contributed by atoms with Crippen LogP contribution in [0.3, 0.4) is 0 Å². The van der Waals surface area contributed by atoms with Crippen molar-refractivity contribution in [2.45, 2.75) is 70.9 Å². The molecule has 1 aliphatic heterocycles. The number of nitrogens with one attached hydrogen (secondary N) is 1. The molecule has 0 radical (unpaired) electrons. The molecule has 38 heavy (non-hydrogen) atoms. The zero-order valence-corrected chi connectivity index (χ0v) is 22.5. The number of esters is 1. The fourth-order valence-corrected chi connectivity index (χ4v) is 5.44. The zero-order valence-electron chi connectivity index (χ0n) is 21.6. The van der Waals surface area contributed by atoms with Gasteiger partial charge in [0.15, 0.2) is 17.5 Å². The minimum absolute atomic E-state index is 0.203. The molecular formula is C24H31FN5O7P. The number of imidazole rings is 1. The molecule has 0 aliphatic carbocycles. The third kappa shape index (κ3) is 6.02. The smallest absolute Gasteiger partial charge is 0.459 e. The molecule has 1 aliphatic rings. The summed E-state index contributed by atoms with van der Waals surface area (Å²) in [4.78, 5) is 24.9. The van der Waals surface area contributed by atoms with Crippen molar-refractivity contribution in [3.63, 3.8) is 0 Å². The fourth-order valence-electron chi connectivity index (χ4n) is 3.94. The Balaban J connectivity index is 1.54. The number of hydrogen-bond donors (Lipinski definition) is 2. The van der Waals surface area contributed by atoms with E-state index in [1.165, 1.54) is 30.9 Å². The van der Waals surface area contributed by atoms with Gasteiger partial charge in [0.1, 0.15) is 35.3 Å². The molecule has 3 heterocycles. The minimum Gasteiger partial charge on any atom is -0.462 e. The van der Waals surface area contributed by atoms with Gasteiger partial charge >= 0.3 is 13.7 Å². The monoisotopic (exact) mass is 551 g/mol. The van der Waals surface area contributed by atoms with Gasteiger partial charge in [-0.3, -0.25) is 13.9 Å². The number of fused-ring (bicyclic) bond motifs is 1. The number of aryl methyl sites for hydroxylation is 1. The van der Waals surface area contributed by atoms with Crippen molar-refractivity contribution >= 4 is 24.9 Å². The average molecular weight is 552 g/mol. The molecule has 0 saturated carbocycles. The van der Waals surface area contributed by atoms with E-state index in [4.69, 9.17) is 18.5 Å². The van der Waals surface area contributed by atoms with Gasteiger partial charge in [-0.1, -0.05) is 18.2 Å². The van der Waals surface area contributed by atoms with Gasteiger partial charge in [-0.15, -0.1) is 0 Å². The second-order valence-electron chi connectivity index (χ2n) is 9.43. The number of para-hydroxylation sites is 1. The maximum atomic E-state index is 15.8. The van der Waals surface area contributed by atoms with Crippen LogP contribution in [0.5, 0.6) is 5.75 Å². The summed E-state index contributed by atoms with van der Waals surface area (Å²) in [5, 5.41) is 13.3. The molecule has 1 aromatic carbocycles. The lowest BCUT2D eigenvalue weighted by molar-refractivity contribution is -0.149. The Morgan fingerprint density at radius 1 is 1.29 bits per heavy atom. The number of carbonyl (C=O) groups excluding carboxylic acids is 1. The van der Waals surface area contributed by atoms with E-state index in [1.807, 2.05) is 0 Å². The quantitative estimate of drug-likeness (QED) is 0.283. The molecule has 0 bridgehead atoms. The lowest BCUT2D eigenvalue weighted by atomic mass is 9.98. The first-order valence-corrected chi connectivity index (χ1v) is 13.6. The normalized spacial score (nSPS) is 25.8. The lowest BCUT2D eigenvalue weighted by Crippen LogP contribution is -2.41. The highest BCUT2D eigenvalue weighted by atomic mass is 31.2. The Labute approximate surface area is 219 Å². The van der Waals surface area contributed by atoms with Crippen LogP contribution in [0.15, 0.2) is 42.9 Å². The second kappa shape index (κ2) is 11.0. The number of nitrogens with zero attached hydrogens (tertiary/aromatic N) is 4. The van der Waals surface area contributed by atoms with Crippen molar-refractivity contribution in [1.29, 1.82) is 0 Å². The van der Waals surface area contributed by atoms with Gasteiger partial charge in [-0.05, 0) is 46.8 Å². The van der Waals surface area contributed by atoms with Crippen LogP contribution in [0.1, 0.15) is 39.7 Å². The molecule has 14 heteroatoms. The predicted octanol–water partition coefficient (Wildman–Crippen LogP) is 3.25. The van der Waals surface area contributed by atoms with Gasteiger partial charge in [-0.2, -0.15) is 5.09 Å². The maximum Gasteiger partial charge on any atom is 0.459 e. The summed E-state index contributed by atoms with van der Waals surface area (Å²) in [6, 6.07) is 7.11. The number of alkyl halides is 1. The van der Waals surface area contributed by atoms with E-state index in [2.05, 4.69) is 20.0 Å². The molecular weight excluding hydrogens is 520 g/mol. The van der Waals surface area contributed by atoms with E-state index in [-0.39, 0.29) is 5.75 Å². The molecule has 4 rings (SSSR count). The topological polar surface area (TPSA) is 147 Å². The third-order valence-electron chi connectivity index (χ3n) is 5.84. The molecule has 1 saturated heterocycles. The van der Waals surface area contributed by atoms with Gasteiger partial charge < -0.3 is 19.1 Å². The summed E-state index contributed by atoms with van der Waals surface area (Å²) >= 11 is 0. The van der Waals surface area contributed by atoms with E-state index in [0.717, 1.165) is 0 Å². The van der Waals surface area contributed by atoms with Crippen molar-refractivity contribution in [1.82, 2.24) is 24.6 Å². The van der Waals surface area contributed by atoms with Gasteiger partial charge in [0.2, 0.25) is 0 Å². The molecule has 12 nitrogen and oxygen atoms in total. The molecule has 0 spiro atoms. The second-order valence-corrected chi connectivity index (χ2v) is 11.1. The first-order chi connectivity index (χ1) is 17.9. The molecule has 3 aromatic rings. The SMILES string of the molecule is Cc1ncc2ncn([C@@H]3O[C@H](CO[P@](=O)(N[C@@H](C)C(=O)OC(C)C)Oc4ccccc4)[C@@H](O)[C@@]3(C)F)c2n1. The minimum atomic E-state index is -4.25. The van der Waals surface area contributed by atoms with Gasteiger partial charge in [0, 0.05) is 0 Å². The summed E-state index contributed by atoms with van der Waals surface area (Å²) in [6.45, 7) is 7.15.